The molecule has 4 aromatic carbocycles. The van der Waals surface area contributed by atoms with E-state index in [2.05, 4.69) is 28.8 Å². The zero-order valence-corrected chi connectivity index (χ0v) is 23.9. The van der Waals surface area contributed by atoms with E-state index in [-0.39, 0.29) is 30.3 Å². The lowest BCUT2D eigenvalue weighted by Crippen LogP contribution is -2.37. The standard InChI is InChI=1S/C33H36N2O5S/c1-35(22-26-8-4-2-5-9-26)23-30-20-32(28-16-14-27(24-36)15-17-28)40-33(39-30)29-18-12-25(13-19-29)21-34-41(37,38)31-10-6-3-7-11-31/h2-19,30,32-34,36H,20-24H2,1H3/t30-,32+,33+/m1/s1. The largest absolute Gasteiger partial charge is 0.392 e. The van der Waals surface area contributed by atoms with Crippen LogP contribution in [0, 0.1) is 0 Å². The van der Waals surface area contributed by atoms with Gasteiger partial charge in [-0.05, 0) is 41.4 Å². The SMILES string of the molecule is CN(Cc1ccccc1)C[C@H]1C[C@@H](c2ccc(CO)cc2)O[C@@H](c2ccc(CNS(=O)(=O)c3ccccc3)cc2)O1. The Kier molecular flexibility index (Phi) is 9.61. The molecule has 214 valence electrons. The molecule has 0 unspecified atom stereocenters. The Labute approximate surface area is 242 Å². The molecule has 0 bridgehead atoms. The van der Waals surface area contributed by atoms with Gasteiger partial charge in [0, 0.05) is 31.6 Å². The van der Waals surface area contributed by atoms with E-state index in [1.807, 2.05) is 66.7 Å². The molecule has 0 spiro atoms. The molecule has 3 atom stereocenters. The van der Waals surface area contributed by atoms with Gasteiger partial charge in [-0.2, -0.15) is 0 Å². The molecule has 5 rings (SSSR count). The van der Waals surface area contributed by atoms with Gasteiger partial charge in [0.15, 0.2) is 6.29 Å². The maximum Gasteiger partial charge on any atom is 0.240 e. The maximum atomic E-state index is 12.6. The van der Waals surface area contributed by atoms with Crippen molar-refractivity contribution < 1.29 is 23.0 Å². The van der Waals surface area contributed by atoms with Gasteiger partial charge in [-0.3, -0.25) is 4.90 Å². The van der Waals surface area contributed by atoms with Crippen molar-refractivity contribution in [2.45, 2.75) is 49.5 Å². The summed E-state index contributed by atoms with van der Waals surface area (Å²) < 4.78 is 40.8. The number of likely N-dealkylation sites (N-methyl/N-ethyl adjacent to an activating group) is 1. The fourth-order valence-corrected chi connectivity index (χ4v) is 6.03. The molecular weight excluding hydrogens is 536 g/mol. The number of aliphatic hydroxyl groups excluding tert-OH is 1. The molecule has 0 aliphatic carbocycles. The number of hydrogen-bond acceptors (Lipinski definition) is 6. The molecular formula is C33H36N2O5S. The zero-order chi connectivity index (χ0) is 28.7. The molecule has 1 aliphatic rings. The number of hydrogen-bond donors (Lipinski definition) is 2. The summed E-state index contributed by atoms with van der Waals surface area (Å²) in [5, 5.41) is 9.46. The highest BCUT2D eigenvalue weighted by Crippen LogP contribution is 2.38. The molecule has 1 saturated heterocycles. The van der Waals surface area contributed by atoms with Crippen molar-refractivity contribution >= 4 is 10.0 Å². The van der Waals surface area contributed by atoms with Gasteiger partial charge in [0.2, 0.25) is 10.0 Å². The van der Waals surface area contributed by atoms with Gasteiger partial charge in [-0.15, -0.1) is 0 Å². The fourth-order valence-electron chi connectivity index (χ4n) is 4.99. The van der Waals surface area contributed by atoms with E-state index in [1.165, 1.54) is 5.56 Å². The van der Waals surface area contributed by atoms with Crippen LogP contribution < -0.4 is 4.72 Å². The van der Waals surface area contributed by atoms with Gasteiger partial charge >= 0.3 is 0 Å². The average Bonchev–Trinajstić information content (AvgIpc) is 3.01. The Balaban J connectivity index is 1.28. The summed E-state index contributed by atoms with van der Waals surface area (Å²) in [6, 6.07) is 34.2. The molecule has 1 fully saturated rings. The average molecular weight is 573 g/mol. The van der Waals surface area contributed by atoms with Crippen LogP contribution in [0.4, 0.5) is 0 Å². The lowest BCUT2D eigenvalue weighted by Gasteiger charge is -2.38. The number of rotatable bonds is 11. The van der Waals surface area contributed by atoms with Crippen LogP contribution in [0.1, 0.15) is 46.6 Å². The number of sulfonamides is 1. The van der Waals surface area contributed by atoms with Gasteiger partial charge in [-0.25, -0.2) is 13.1 Å². The van der Waals surface area contributed by atoms with Gasteiger partial charge in [0.1, 0.15) is 0 Å². The summed E-state index contributed by atoms with van der Waals surface area (Å²) in [7, 11) is -1.50. The fraction of sp³-hybridized carbons (Fsp3) is 0.273. The van der Waals surface area contributed by atoms with Crippen LogP contribution in [0.5, 0.6) is 0 Å². The Bertz CT molecular complexity index is 1480. The first-order chi connectivity index (χ1) is 19.9. The van der Waals surface area contributed by atoms with Crippen LogP contribution in [-0.4, -0.2) is 38.1 Å². The number of nitrogens with zero attached hydrogens (tertiary/aromatic N) is 1. The van der Waals surface area contributed by atoms with Gasteiger partial charge in [-0.1, -0.05) is 97.1 Å². The molecule has 0 aromatic heterocycles. The second-order valence-corrected chi connectivity index (χ2v) is 12.2. The minimum absolute atomic E-state index is 0.00169. The van der Waals surface area contributed by atoms with Crippen LogP contribution in [0.15, 0.2) is 114 Å². The third kappa shape index (κ3) is 7.89. The monoisotopic (exact) mass is 572 g/mol. The first-order valence-corrected chi connectivity index (χ1v) is 15.2. The quantitative estimate of drug-likeness (QED) is 0.253. The molecule has 0 saturated carbocycles. The van der Waals surface area contributed by atoms with Crippen LogP contribution in [0.2, 0.25) is 0 Å². The molecule has 8 heteroatoms. The molecule has 2 N–H and O–H groups in total. The summed E-state index contributed by atoms with van der Waals surface area (Å²) in [6.07, 6.45) is -0.110. The van der Waals surface area contributed by atoms with E-state index < -0.39 is 16.3 Å². The third-order valence-electron chi connectivity index (χ3n) is 7.20. The van der Waals surface area contributed by atoms with E-state index in [1.54, 1.807) is 30.3 Å². The van der Waals surface area contributed by atoms with Crippen molar-refractivity contribution in [1.29, 1.82) is 0 Å². The molecule has 1 aliphatic heterocycles. The van der Waals surface area contributed by atoms with E-state index in [0.29, 0.717) is 6.42 Å². The van der Waals surface area contributed by atoms with Crippen molar-refractivity contribution in [1.82, 2.24) is 9.62 Å². The molecule has 41 heavy (non-hydrogen) atoms. The Morgan fingerprint density at radius 2 is 1.39 bits per heavy atom. The third-order valence-corrected chi connectivity index (χ3v) is 8.61. The summed E-state index contributed by atoms with van der Waals surface area (Å²) in [4.78, 5) is 2.50. The molecule has 0 radical (unpaired) electrons. The summed E-state index contributed by atoms with van der Waals surface area (Å²) in [5.74, 6) is 0. The first-order valence-electron chi connectivity index (χ1n) is 13.8. The van der Waals surface area contributed by atoms with Crippen molar-refractivity contribution in [3.63, 3.8) is 0 Å². The second kappa shape index (κ2) is 13.5. The van der Waals surface area contributed by atoms with Crippen LogP contribution in [0.25, 0.3) is 0 Å². The van der Waals surface area contributed by atoms with Crippen molar-refractivity contribution in [3.05, 3.63) is 137 Å². The van der Waals surface area contributed by atoms with Crippen molar-refractivity contribution in [2.75, 3.05) is 13.6 Å². The van der Waals surface area contributed by atoms with Gasteiger partial charge < -0.3 is 14.6 Å². The van der Waals surface area contributed by atoms with E-state index in [0.717, 1.165) is 35.3 Å². The number of nitrogens with one attached hydrogen (secondary N) is 1. The van der Waals surface area contributed by atoms with Gasteiger partial charge in [0.25, 0.3) is 0 Å². The van der Waals surface area contributed by atoms with E-state index in [4.69, 9.17) is 9.47 Å². The maximum absolute atomic E-state index is 12.6. The van der Waals surface area contributed by atoms with E-state index >= 15 is 0 Å². The zero-order valence-electron chi connectivity index (χ0n) is 23.1. The Morgan fingerprint density at radius 1 is 0.780 bits per heavy atom. The molecule has 4 aromatic rings. The minimum Gasteiger partial charge on any atom is -0.392 e. The number of ether oxygens (including phenoxy) is 2. The topological polar surface area (TPSA) is 88.1 Å². The summed E-state index contributed by atoms with van der Waals surface area (Å²) in [5.41, 5.74) is 4.84. The predicted octanol–water partition coefficient (Wildman–Crippen LogP) is 5.33. The van der Waals surface area contributed by atoms with Crippen LogP contribution in [0.3, 0.4) is 0 Å². The smallest absolute Gasteiger partial charge is 0.240 e. The summed E-state index contributed by atoms with van der Waals surface area (Å²) >= 11 is 0. The summed E-state index contributed by atoms with van der Waals surface area (Å²) in [6.45, 7) is 1.73. The number of benzene rings is 4. The first kappa shape index (κ1) is 29.1. The van der Waals surface area contributed by atoms with Gasteiger partial charge in [0.05, 0.1) is 23.7 Å². The highest BCUT2D eigenvalue weighted by atomic mass is 32.2. The lowest BCUT2D eigenvalue weighted by molar-refractivity contribution is -0.252. The minimum atomic E-state index is -3.59. The second-order valence-electron chi connectivity index (χ2n) is 10.4. The molecule has 0 amide bonds. The molecule has 7 nitrogen and oxygen atoms in total. The number of aliphatic hydroxyl groups is 1. The van der Waals surface area contributed by atoms with Crippen molar-refractivity contribution in [3.8, 4) is 0 Å². The Hall–Kier alpha value is -3.37. The Morgan fingerprint density at radius 3 is 2.05 bits per heavy atom. The molecule has 1 heterocycles. The van der Waals surface area contributed by atoms with Crippen molar-refractivity contribution in [2.24, 2.45) is 0 Å². The van der Waals surface area contributed by atoms with Crippen LogP contribution in [-0.2, 0) is 39.2 Å². The normalized spacial score (nSPS) is 19.3. The highest BCUT2D eigenvalue weighted by molar-refractivity contribution is 7.89. The predicted molar refractivity (Wildman–Crippen MR) is 158 cm³/mol. The van der Waals surface area contributed by atoms with Crippen LogP contribution >= 0.6 is 0 Å². The highest BCUT2D eigenvalue weighted by Gasteiger charge is 2.32. The van der Waals surface area contributed by atoms with E-state index in [9.17, 15) is 13.5 Å². The lowest BCUT2D eigenvalue weighted by atomic mass is 9.99.